The molecule has 0 amide bonds. The predicted molar refractivity (Wildman–Crippen MR) is 71.5 cm³/mol. The maximum Gasteiger partial charge on any atom is 0.0961 e. The van der Waals surface area contributed by atoms with Crippen LogP contribution in [0.3, 0.4) is 0 Å². The van der Waals surface area contributed by atoms with Crippen molar-refractivity contribution in [3.63, 3.8) is 0 Å². The molecule has 1 unspecified atom stereocenters. The fourth-order valence-electron chi connectivity index (χ4n) is 1.47. The zero-order valence-corrected chi connectivity index (χ0v) is 11.0. The van der Waals surface area contributed by atoms with E-state index in [0.717, 1.165) is 25.4 Å². The van der Waals surface area contributed by atoms with Crippen LogP contribution in [0.2, 0.25) is 9.36 Å². The van der Waals surface area contributed by atoms with Gasteiger partial charge in [-0.2, -0.15) is 0 Å². The number of thiophene rings is 1. The van der Waals surface area contributed by atoms with E-state index in [9.17, 15) is 0 Å². The third-order valence-corrected chi connectivity index (χ3v) is 4.30. The summed E-state index contributed by atoms with van der Waals surface area (Å²) in [5.41, 5.74) is 8.28. The van der Waals surface area contributed by atoms with Crippen molar-refractivity contribution < 1.29 is 0 Å². The molecular weight excluding hydrogens is 261 g/mol. The first-order valence-corrected chi connectivity index (χ1v) is 6.42. The molecule has 1 aromatic carbocycles. The van der Waals surface area contributed by atoms with E-state index in [0.29, 0.717) is 0 Å². The first kappa shape index (κ1) is 11.9. The third kappa shape index (κ3) is 2.41. The molecule has 16 heavy (non-hydrogen) atoms. The van der Waals surface area contributed by atoms with E-state index in [1.165, 1.54) is 11.3 Å². The molecule has 4 heteroatoms. The van der Waals surface area contributed by atoms with Gasteiger partial charge in [0.1, 0.15) is 0 Å². The first-order chi connectivity index (χ1) is 7.58. The Morgan fingerprint density at radius 2 is 1.81 bits per heavy atom. The van der Waals surface area contributed by atoms with Gasteiger partial charge in [0.2, 0.25) is 0 Å². The SMILES string of the molecule is Cc1cc(C(N)c2ccc(Cl)cc2)sc1Cl. The highest BCUT2D eigenvalue weighted by molar-refractivity contribution is 7.16. The minimum absolute atomic E-state index is 0.131. The molecule has 0 fully saturated rings. The van der Waals surface area contributed by atoms with Crippen molar-refractivity contribution in [1.29, 1.82) is 0 Å². The van der Waals surface area contributed by atoms with Crippen molar-refractivity contribution in [3.05, 3.63) is 55.7 Å². The van der Waals surface area contributed by atoms with E-state index in [1.807, 2.05) is 37.3 Å². The van der Waals surface area contributed by atoms with Gasteiger partial charge in [-0.15, -0.1) is 11.3 Å². The van der Waals surface area contributed by atoms with Crippen LogP contribution in [0.25, 0.3) is 0 Å². The lowest BCUT2D eigenvalue weighted by Crippen LogP contribution is -2.09. The normalized spacial score (nSPS) is 12.8. The molecule has 1 heterocycles. The minimum atomic E-state index is -0.131. The van der Waals surface area contributed by atoms with E-state index in [1.54, 1.807) is 0 Å². The second-order valence-electron chi connectivity index (χ2n) is 3.63. The molecule has 2 N–H and O–H groups in total. The Balaban J connectivity index is 2.31. The summed E-state index contributed by atoms with van der Waals surface area (Å²) in [5.74, 6) is 0. The van der Waals surface area contributed by atoms with Crippen LogP contribution >= 0.6 is 34.5 Å². The molecule has 0 saturated heterocycles. The summed E-state index contributed by atoms with van der Waals surface area (Å²) in [6.45, 7) is 1.98. The zero-order chi connectivity index (χ0) is 11.7. The zero-order valence-electron chi connectivity index (χ0n) is 8.71. The molecule has 0 aliphatic rings. The molecule has 0 spiro atoms. The van der Waals surface area contributed by atoms with Gasteiger partial charge in [-0.05, 0) is 36.2 Å². The molecule has 2 aromatic rings. The maximum absolute atomic E-state index is 6.16. The lowest BCUT2D eigenvalue weighted by atomic mass is 10.1. The van der Waals surface area contributed by atoms with Gasteiger partial charge in [0.25, 0.3) is 0 Å². The molecule has 0 aliphatic heterocycles. The first-order valence-electron chi connectivity index (χ1n) is 4.85. The molecule has 84 valence electrons. The van der Waals surface area contributed by atoms with E-state index in [2.05, 4.69) is 0 Å². The van der Waals surface area contributed by atoms with Gasteiger partial charge in [-0.25, -0.2) is 0 Å². The average molecular weight is 272 g/mol. The summed E-state index contributed by atoms with van der Waals surface area (Å²) >= 11 is 13.4. The van der Waals surface area contributed by atoms with Crippen LogP contribution in [0.5, 0.6) is 0 Å². The highest BCUT2D eigenvalue weighted by atomic mass is 35.5. The van der Waals surface area contributed by atoms with Crippen LogP contribution in [0.1, 0.15) is 22.0 Å². The highest BCUT2D eigenvalue weighted by Gasteiger charge is 2.13. The van der Waals surface area contributed by atoms with E-state index in [-0.39, 0.29) is 6.04 Å². The summed E-state index contributed by atoms with van der Waals surface area (Å²) in [7, 11) is 0. The van der Waals surface area contributed by atoms with Crippen LogP contribution in [0.15, 0.2) is 30.3 Å². The van der Waals surface area contributed by atoms with Crippen LogP contribution in [0, 0.1) is 6.92 Å². The third-order valence-electron chi connectivity index (χ3n) is 2.41. The Morgan fingerprint density at radius 3 is 2.31 bits per heavy atom. The summed E-state index contributed by atoms with van der Waals surface area (Å²) < 4.78 is 0.805. The van der Waals surface area contributed by atoms with Crippen molar-refractivity contribution in [1.82, 2.24) is 0 Å². The number of hydrogen-bond acceptors (Lipinski definition) is 2. The number of rotatable bonds is 2. The maximum atomic E-state index is 6.16. The molecule has 1 atom stereocenters. The Kier molecular flexibility index (Phi) is 3.55. The Bertz CT molecular complexity index is 471. The van der Waals surface area contributed by atoms with Crippen molar-refractivity contribution in [2.45, 2.75) is 13.0 Å². The highest BCUT2D eigenvalue weighted by Crippen LogP contribution is 2.33. The largest absolute Gasteiger partial charge is 0.320 e. The standard InChI is InChI=1S/C12H11Cl2NS/c1-7-6-10(16-12(7)14)11(15)8-2-4-9(13)5-3-8/h2-6,11H,15H2,1H3. The van der Waals surface area contributed by atoms with Gasteiger partial charge in [0.05, 0.1) is 10.4 Å². The van der Waals surface area contributed by atoms with Crippen molar-refractivity contribution >= 4 is 34.5 Å². The predicted octanol–water partition coefficient (Wildman–Crippen LogP) is 4.41. The number of benzene rings is 1. The molecule has 1 aromatic heterocycles. The lowest BCUT2D eigenvalue weighted by Gasteiger charge is -2.09. The number of aryl methyl sites for hydroxylation is 1. The van der Waals surface area contributed by atoms with Gasteiger partial charge >= 0.3 is 0 Å². The van der Waals surface area contributed by atoms with Crippen molar-refractivity contribution in [3.8, 4) is 0 Å². The number of nitrogens with two attached hydrogens (primary N) is 1. The Morgan fingerprint density at radius 1 is 1.19 bits per heavy atom. The summed E-state index contributed by atoms with van der Waals surface area (Å²) in [6, 6.07) is 9.48. The fourth-order valence-corrected chi connectivity index (χ4v) is 2.84. The van der Waals surface area contributed by atoms with Crippen molar-refractivity contribution in [2.24, 2.45) is 5.73 Å². The monoisotopic (exact) mass is 271 g/mol. The van der Waals surface area contributed by atoms with Crippen molar-refractivity contribution in [2.75, 3.05) is 0 Å². The molecular formula is C12H11Cl2NS. The fraction of sp³-hybridized carbons (Fsp3) is 0.167. The second-order valence-corrected chi connectivity index (χ2v) is 5.76. The van der Waals surface area contributed by atoms with Gasteiger partial charge in [-0.1, -0.05) is 35.3 Å². The summed E-state index contributed by atoms with van der Waals surface area (Å²) in [4.78, 5) is 1.07. The van der Waals surface area contributed by atoms with E-state index < -0.39 is 0 Å². The average Bonchev–Trinajstić information content (AvgIpc) is 2.59. The molecule has 2 rings (SSSR count). The number of hydrogen-bond donors (Lipinski definition) is 1. The second kappa shape index (κ2) is 4.76. The van der Waals surface area contributed by atoms with Crippen LogP contribution in [-0.4, -0.2) is 0 Å². The minimum Gasteiger partial charge on any atom is -0.320 e. The summed E-state index contributed by atoms with van der Waals surface area (Å²) in [6.07, 6.45) is 0. The Hall–Kier alpha value is -0.540. The van der Waals surface area contributed by atoms with Crippen LogP contribution in [0.4, 0.5) is 0 Å². The molecule has 0 saturated carbocycles. The summed E-state index contributed by atoms with van der Waals surface area (Å²) in [5, 5.41) is 0.719. The van der Waals surface area contributed by atoms with Crippen LogP contribution < -0.4 is 5.73 Å². The molecule has 1 nitrogen and oxygen atoms in total. The topological polar surface area (TPSA) is 26.0 Å². The van der Waals surface area contributed by atoms with E-state index in [4.69, 9.17) is 28.9 Å². The van der Waals surface area contributed by atoms with Gasteiger partial charge in [0, 0.05) is 9.90 Å². The molecule has 0 bridgehead atoms. The Labute approximate surface area is 109 Å². The van der Waals surface area contributed by atoms with E-state index >= 15 is 0 Å². The lowest BCUT2D eigenvalue weighted by molar-refractivity contribution is 0.893. The quantitative estimate of drug-likeness (QED) is 0.860. The molecule has 0 radical (unpaired) electrons. The van der Waals surface area contributed by atoms with Gasteiger partial charge in [-0.3, -0.25) is 0 Å². The van der Waals surface area contributed by atoms with Gasteiger partial charge < -0.3 is 5.73 Å². The van der Waals surface area contributed by atoms with Gasteiger partial charge in [0.15, 0.2) is 0 Å². The number of halogens is 2. The smallest absolute Gasteiger partial charge is 0.0961 e. The van der Waals surface area contributed by atoms with Crippen LogP contribution in [-0.2, 0) is 0 Å². The molecule has 0 aliphatic carbocycles.